The summed E-state index contributed by atoms with van der Waals surface area (Å²) in [4.78, 5) is 3.89. The third-order valence-electron chi connectivity index (χ3n) is 1.98. The Morgan fingerprint density at radius 2 is 1.88 bits per heavy atom. The maximum atomic E-state index is 13.4. The van der Waals surface area contributed by atoms with Crippen molar-refractivity contribution in [1.82, 2.24) is 0 Å². The van der Waals surface area contributed by atoms with Crippen LogP contribution in [0, 0.1) is 17.0 Å². The van der Waals surface area contributed by atoms with E-state index in [0.29, 0.717) is 0 Å². The number of amidine groups is 1. The molecule has 1 aromatic rings. The predicted octanol–water partition coefficient (Wildman–Crippen LogP) is 3.65. The van der Waals surface area contributed by atoms with Gasteiger partial charge in [0.25, 0.3) is 0 Å². The highest BCUT2D eigenvalue weighted by Crippen LogP contribution is 2.30. The number of aliphatic imine (C=N–C) groups is 1. The first-order chi connectivity index (χ1) is 7.21. The van der Waals surface area contributed by atoms with Crippen LogP contribution in [0.2, 0.25) is 5.02 Å². The number of hydrogen-bond acceptors (Lipinski definition) is 1. The van der Waals surface area contributed by atoms with Gasteiger partial charge in [-0.25, -0.2) is 13.8 Å². The Bertz CT molecular complexity index is 413. The fourth-order valence-electron chi connectivity index (χ4n) is 0.930. The van der Waals surface area contributed by atoms with Gasteiger partial charge in [0.15, 0.2) is 5.82 Å². The summed E-state index contributed by atoms with van der Waals surface area (Å²) in [6.07, 6.45) is 0. The van der Waals surface area contributed by atoms with E-state index in [9.17, 15) is 8.78 Å². The van der Waals surface area contributed by atoms with Crippen LogP contribution in [-0.2, 0) is 0 Å². The van der Waals surface area contributed by atoms with Crippen molar-refractivity contribution in [2.75, 3.05) is 0 Å². The van der Waals surface area contributed by atoms with E-state index in [2.05, 4.69) is 4.99 Å². The summed E-state index contributed by atoms with van der Waals surface area (Å²) in [5, 5.41) is -0.0929. The summed E-state index contributed by atoms with van der Waals surface area (Å²) in [6, 6.07) is 1.72. The van der Waals surface area contributed by atoms with Crippen LogP contribution in [0.5, 0.6) is 0 Å². The van der Waals surface area contributed by atoms with Crippen LogP contribution in [0.1, 0.15) is 20.8 Å². The second-order valence-electron chi connectivity index (χ2n) is 4.47. The van der Waals surface area contributed by atoms with Crippen LogP contribution in [0.4, 0.5) is 14.5 Å². The molecule has 0 fully saturated rings. The highest BCUT2D eigenvalue weighted by molar-refractivity contribution is 6.33. The Labute approximate surface area is 98.1 Å². The van der Waals surface area contributed by atoms with E-state index in [1.165, 1.54) is 0 Å². The van der Waals surface area contributed by atoms with Crippen LogP contribution in [0.3, 0.4) is 0 Å². The zero-order chi connectivity index (χ0) is 12.5. The maximum absolute atomic E-state index is 13.4. The van der Waals surface area contributed by atoms with Crippen LogP contribution in [0.15, 0.2) is 17.1 Å². The SMILES string of the molecule is CC(C)(C)C(N)=Nc1c(F)cc(F)cc1Cl. The molecule has 1 rings (SSSR count). The molecule has 0 aliphatic heterocycles. The monoisotopic (exact) mass is 246 g/mol. The highest BCUT2D eigenvalue weighted by Gasteiger charge is 2.17. The van der Waals surface area contributed by atoms with Gasteiger partial charge in [-0.05, 0) is 6.07 Å². The fourth-order valence-corrected chi connectivity index (χ4v) is 1.17. The van der Waals surface area contributed by atoms with E-state index in [0.717, 1.165) is 12.1 Å². The Morgan fingerprint density at radius 3 is 2.31 bits per heavy atom. The molecular formula is C11H13ClF2N2. The molecule has 88 valence electrons. The van der Waals surface area contributed by atoms with E-state index in [4.69, 9.17) is 17.3 Å². The second kappa shape index (κ2) is 4.37. The fraction of sp³-hybridized carbons (Fsp3) is 0.364. The second-order valence-corrected chi connectivity index (χ2v) is 4.87. The molecule has 0 unspecified atom stereocenters. The maximum Gasteiger partial charge on any atom is 0.153 e. The van der Waals surface area contributed by atoms with E-state index in [1.54, 1.807) is 0 Å². The molecule has 0 spiro atoms. The van der Waals surface area contributed by atoms with Crippen molar-refractivity contribution in [1.29, 1.82) is 0 Å². The summed E-state index contributed by atoms with van der Waals surface area (Å²) in [6.45, 7) is 5.50. The van der Waals surface area contributed by atoms with Crippen molar-refractivity contribution < 1.29 is 8.78 Å². The minimum atomic E-state index is -0.822. The minimum absolute atomic E-state index is 0.0929. The topological polar surface area (TPSA) is 38.4 Å². The van der Waals surface area contributed by atoms with Crippen molar-refractivity contribution in [2.24, 2.45) is 16.1 Å². The van der Waals surface area contributed by atoms with Crippen LogP contribution < -0.4 is 5.73 Å². The molecule has 0 amide bonds. The zero-order valence-electron chi connectivity index (χ0n) is 9.31. The molecule has 16 heavy (non-hydrogen) atoms. The molecule has 0 bridgehead atoms. The standard InChI is InChI=1S/C11H13ClF2N2/c1-11(2,3)10(15)16-9-7(12)4-6(13)5-8(9)14/h4-5H,1-3H3,(H2,15,16). The molecule has 2 nitrogen and oxygen atoms in total. The zero-order valence-corrected chi connectivity index (χ0v) is 10.1. The number of hydrogen-bond donors (Lipinski definition) is 1. The Balaban J connectivity index is 3.26. The van der Waals surface area contributed by atoms with Crippen molar-refractivity contribution in [2.45, 2.75) is 20.8 Å². The van der Waals surface area contributed by atoms with Gasteiger partial charge in [-0.2, -0.15) is 0 Å². The van der Waals surface area contributed by atoms with Crippen LogP contribution in [0.25, 0.3) is 0 Å². The van der Waals surface area contributed by atoms with Gasteiger partial charge in [-0.1, -0.05) is 32.4 Å². The molecule has 0 aliphatic rings. The largest absolute Gasteiger partial charge is 0.387 e. The lowest BCUT2D eigenvalue weighted by Crippen LogP contribution is -2.28. The lowest BCUT2D eigenvalue weighted by atomic mass is 9.95. The highest BCUT2D eigenvalue weighted by atomic mass is 35.5. The van der Waals surface area contributed by atoms with Gasteiger partial charge in [0.1, 0.15) is 17.3 Å². The van der Waals surface area contributed by atoms with Gasteiger partial charge in [0, 0.05) is 11.5 Å². The van der Waals surface area contributed by atoms with E-state index < -0.39 is 17.0 Å². The molecule has 5 heteroatoms. The van der Waals surface area contributed by atoms with Gasteiger partial charge < -0.3 is 5.73 Å². The molecule has 0 aromatic heterocycles. The molecule has 0 saturated heterocycles. The predicted molar refractivity (Wildman–Crippen MR) is 62.1 cm³/mol. The molecule has 0 heterocycles. The normalized spacial score (nSPS) is 13.0. The molecular weight excluding hydrogens is 234 g/mol. The van der Waals surface area contributed by atoms with Gasteiger partial charge in [0.05, 0.1) is 5.02 Å². The summed E-state index contributed by atoms with van der Waals surface area (Å²) >= 11 is 5.69. The van der Waals surface area contributed by atoms with E-state index in [-0.39, 0.29) is 16.5 Å². The average molecular weight is 247 g/mol. The van der Waals surface area contributed by atoms with Crippen LogP contribution >= 0.6 is 11.6 Å². The van der Waals surface area contributed by atoms with E-state index >= 15 is 0 Å². The third-order valence-corrected chi connectivity index (χ3v) is 2.27. The average Bonchev–Trinajstić information content (AvgIpc) is 2.08. The smallest absolute Gasteiger partial charge is 0.153 e. The van der Waals surface area contributed by atoms with Crippen molar-refractivity contribution in [3.05, 3.63) is 28.8 Å². The molecule has 2 N–H and O–H groups in total. The van der Waals surface area contributed by atoms with Crippen molar-refractivity contribution in [3.63, 3.8) is 0 Å². The first kappa shape index (κ1) is 12.9. The van der Waals surface area contributed by atoms with Gasteiger partial charge in [-0.3, -0.25) is 0 Å². The van der Waals surface area contributed by atoms with Gasteiger partial charge in [-0.15, -0.1) is 0 Å². The number of rotatable bonds is 1. The Hall–Kier alpha value is -1.16. The lowest BCUT2D eigenvalue weighted by Gasteiger charge is -2.17. The summed E-state index contributed by atoms with van der Waals surface area (Å²) in [5.74, 6) is -1.33. The summed E-state index contributed by atoms with van der Waals surface area (Å²) < 4.78 is 26.1. The van der Waals surface area contributed by atoms with E-state index in [1.807, 2.05) is 20.8 Å². The number of nitrogens with two attached hydrogens (primary N) is 1. The molecule has 0 radical (unpaired) electrons. The van der Waals surface area contributed by atoms with Crippen LogP contribution in [-0.4, -0.2) is 5.84 Å². The molecule has 1 aromatic carbocycles. The summed E-state index contributed by atoms with van der Waals surface area (Å²) in [5.41, 5.74) is 5.16. The Kier molecular flexibility index (Phi) is 3.53. The van der Waals surface area contributed by atoms with Crippen molar-refractivity contribution in [3.8, 4) is 0 Å². The number of benzene rings is 1. The Morgan fingerprint density at radius 1 is 1.31 bits per heavy atom. The third kappa shape index (κ3) is 2.92. The van der Waals surface area contributed by atoms with Gasteiger partial charge >= 0.3 is 0 Å². The molecule has 0 aliphatic carbocycles. The number of halogens is 3. The van der Waals surface area contributed by atoms with Crippen molar-refractivity contribution >= 4 is 23.1 Å². The molecule has 0 atom stereocenters. The lowest BCUT2D eigenvalue weighted by molar-refractivity contribution is 0.577. The number of nitrogens with zero attached hydrogens (tertiary/aromatic N) is 1. The first-order valence-corrected chi connectivity index (χ1v) is 5.09. The molecule has 0 saturated carbocycles. The van der Waals surface area contributed by atoms with Gasteiger partial charge in [0.2, 0.25) is 0 Å². The quantitative estimate of drug-likeness (QED) is 0.596. The first-order valence-electron chi connectivity index (χ1n) is 4.71. The summed E-state index contributed by atoms with van der Waals surface area (Å²) in [7, 11) is 0. The minimum Gasteiger partial charge on any atom is -0.387 e.